The summed E-state index contributed by atoms with van der Waals surface area (Å²) in [7, 11) is -0.115. The van der Waals surface area contributed by atoms with Crippen molar-refractivity contribution in [3.8, 4) is 22.2 Å². The van der Waals surface area contributed by atoms with E-state index in [0.29, 0.717) is 55.8 Å². The van der Waals surface area contributed by atoms with E-state index in [9.17, 15) is 22.8 Å². The number of rotatable bonds is 9. The first-order valence-electron chi connectivity index (χ1n) is 18.6. The summed E-state index contributed by atoms with van der Waals surface area (Å²) in [6, 6.07) is 5.72. The van der Waals surface area contributed by atoms with Crippen LogP contribution in [0.1, 0.15) is 88.8 Å². The first kappa shape index (κ1) is 36.7. The average Bonchev–Trinajstić information content (AvgIpc) is 3.98. The third-order valence-corrected chi connectivity index (χ3v) is 14.7. The molecule has 0 saturated heterocycles. The zero-order chi connectivity index (χ0) is 36.9. The Bertz CT molecular complexity index is 2030. The summed E-state index contributed by atoms with van der Waals surface area (Å²) in [4.78, 5) is 53.9. The highest BCUT2D eigenvalue weighted by Gasteiger charge is 2.61. The summed E-state index contributed by atoms with van der Waals surface area (Å²) < 4.78 is 38.3. The Balaban J connectivity index is 1.21. The fraction of sp³-hybridized carbons (Fsp3) is 0.575. The SMILES string of the molecule is COc1ccc2c(O[C@@H]3C[C@H]4C(=O)C[C@]5(C(=O)CS(=O)(=O)C6CC6)C[C@H]5/C=C\CCCCN(C)C(=O)[C@@H]4C3)cc(-c3nc(C(C)C)cs3)nc2c1C. The number of ether oxygens (including phenoxy) is 2. The number of aromatic nitrogens is 2. The highest BCUT2D eigenvalue weighted by atomic mass is 32.2. The molecule has 1 aromatic carbocycles. The molecule has 0 spiro atoms. The van der Waals surface area contributed by atoms with E-state index in [1.165, 1.54) is 11.3 Å². The Labute approximate surface area is 310 Å². The van der Waals surface area contributed by atoms with Gasteiger partial charge >= 0.3 is 0 Å². The molecular weight excluding hydrogens is 699 g/mol. The van der Waals surface area contributed by atoms with Gasteiger partial charge in [0.1, 0.15) is 39.8 Å². The molecule has 1 amide bonds. The molecule has 2 aromatic heterocycles. The Kier molecular flexibility index (Phi) is 10.1. The van der Waals surface area contributed by atoms with E-state index in [1.54, 1.807) is 19.1 Å². The Morgan fingerprint density at radius 1 is 1.10 bits per heavy atom. The van der Waals surface area contributed by atoms with Crippen LogP contribution in [0.25, 0.3) is 21.6 Å². The number of methoxy groups -OCH3 is 1. The number of sulfone groups is 1. The Morgan fingerprint density at radius 3 is 2.58 bits per heavy atom. The van der Waals surface area contributed by atoms with Gasteiger partial charge in [-0.15, -0.1) is 11.3 Å². The van der Waals surface area contributed by atoms with Crippen LogP contribution in [0.4, 0.5) is 0 Å². The van der Waals surface area contributed by atoms with Crippen molar-refractivity contribution < 1.29 is 32.3 Å². The van der Waals surface area contributed by atoms with Gasteiger partial charge in [0.25, 0.3) is 0 Å². The van der Waals surface area contributed by atoms with Gasteiger partial charge < -0.3 is 14.4 Å². The normalized spacial score (nSPS) is 27.6. The maximum atomic E-state index is 14.4. The number of ketones is 2. The minimum absolute atomic E-state index is 0.0601. The topological polar surface area (TPSA) is 133 Å². The van der Waals surface area contributed by atoms with Crippen LogP contribution in [-0.2, 0) is 24.2 Å². The molecule has 12 heteroatoms. The average molecular weight is 748 g/mol. The maximum absolute atomic E-state index is 14.4. The molecule has 1 aliphatic heterocycles. The molecule has 52 heavy (non-hydrogen) atoms. The van der Waals surface area contributed by atoms with E-state index in [-0.39, 0.29) is 35.7 Å². The van der Waals surface area contributed by atoms with E-state index in [2.05, 4.69) is 19.9 Å². The van der Waals surface area contributed by atoms with Gasteiger partial charge in [-0.1, -0.05) is 26.0 Å². The van der Waals surface area contributed by atoms with Crippen molar-refractivity contribution in [2.45, 2.75) is 95.8 Å². The summed E-state index contributed by atoms with van der Waals surface area (Å²) in [6.45, 7) is 6.75. The van der Waals surface area contributed by atoms with Gasteiger partial charge in [0.2, 0.25) is 5.91 Å². The molecule has 4 aliphatic rings. The number of nitrogens with zero attached hydrogens (tertiary/aromatic N) is 3. The van der Waals surface area contributed by atoms with Crippen molar-refractivity contribution in [2.24, 2.45) is 23.2 Å². The van der Waals surface area contributed by atoms with Crippen LogP contribution in [-0.4, -0.2) is 78.6 Å². The number of benzene rings is 1. The summed E-state index contributed by atoms with van der Waals surface area (Å²) >= 11 is 1.53. The number of allylic oxidation sites excluding steroid dienone is 2. The number of amides is 1. The summed E-state index contributed by atoms with van der Waals surface area (Å²) in [5.74, 6) is -0.992. The molecule has 3 heterocycles. The molecule has 278 valence electrons. The van der Waals surface area contributed by atoms with Crippen LogP contribution in [0.3, 0.4) is 0 Å². The quantitative estimate of drug-likeness (QED) is 0.215. The summed E-state index contributed by atoms with van der Waals surface area (Å²) in [6.07, 6.45) is 8.37. The van der Waals surface area contributed by atoms with Crippen molar-refractivity contribution >= 4 is 49.6 Å². The fourth-order valence-corrected chi connectivity index (χ4v) is 10.8. The van der Waals surface area contributed by atoms with Crippen molar-refractivity contribution in [2.75, 3.05) is 26.5 Å². The molecule has 3 saturated carbocycles. The van der Waals surface area contributed by atoms with Gasteiger partial charge in [0.15, 0.2) is 15.6 Å². The Hall–Kier alpha value is -3.64. The van der Waals surface area contributed by atoms with Gasteiger partial charge in [-0.05, 0) is 82.3 Å². The number of fused-ring (bicyclic) bond motifs is 3. The number of aryl methyl sites for hydroxylation is 1. The molecule has 0 unspecified atom stereocenters. The smallest absolute Gasteiger partial charge is 0.226 e. The van der Waals surface area contributed by atoms with Gasteiger partial charge in [-0.3, -0.25) is 14.4 Å². The van der Waals surface area contributed by atoms with Crippen molar-refractivity contribution in [3.05, 3.63) is 47.0 Å². The van der Waals surface area contributed by atoms with Crippen LogP contribution in [0, 0.1) is 30.1 Å². The lowest BCUT2D eigenvalue weighted by atomic mass is 9.82. The standard InChI is InChI=1S/C40H49N3O7S2/c1-23(2)32-21-51-38(42-32)31-18-35(28-13-14-34(49-5)24(3)37(28)41-31)50-26-16-29-30(17-26)39(46)43(4)15-9-7-6-8-10-25-19-40(25,20-33(29)44)36(45)22-52(47,48)27-11-12-27/h8,10,13-14,18,21,23,25-27,29-30H,6-7,9,11-12,15-17,19-20,22H2,1-5H3/b10-8-/t25-,26-,29-,30-,40-/m1/s1. The van der Waals surface area contributed by atoms with E-state index in [1.807, 2.05) is 36.6 Å². The minimum Gasteiger partial charge on any atom is -0.496 e. The second-order valence-electron chi connectivity index (χ2n) is 15.7. The maximum Gasteiger partial charge on any atom is 0.226 e. The monoisotopic (exact) mass is 747 g/mol. The van der Waals surface area contributed by atoms with E-state index in [4.69, 9.17) is 19.4 Å². The first-order valence-corrected chi connectivity index (χ1v) is 21.2. The van der Waals surface area contributed by atoms with E-state index < -0.39 is 44.2 Å². The van der Waals surface area contributed by atoms with Gasteiger partial charge in [-0.25, -0.2) is 18.4 Å². The molecule has 0 radical (unpaired) electrons. The molecule has 5 atom stereocenters. The number of thiazole rings is 1. The molecule has 0 N–H and O–H groups in total. The minimum atomic E-state index is -3.54. The molecule has 3 aliphatic carbocycles. The summed E-state index contributed by atoms with van der Waals surface area (Å²) in [5, 5.41) is 3.17. The molecule has 3 aromatic rings. The fourth-order valence-electron chi connectivity index (χ4n) is 8.16. The van der Waals surface area contributed by atoms with Crippen molar-refractivity contribution in [3.63, 3.8) is 0 Å². The molecule has 3 fully saturated rings. The lowest BCUT2D eigenvalue weighted by Gasteiger charge is -2.26. The lowest BCUT2D eigenvalue weighted by molar-refractivity contribution is -0.140. The predicted molar refractivity (Wildman–Crippen MR) is 201 cm³/mol. The zero-order valence-electron chi connectivity index (χ0n) is 30.7. The molecule has 0 bridgehead atoms. The third kappa shape index (κ3) is 7.17. The Morgan fingerprint density at radius 2 is 1.87 bits per heavy atom. The first-order chi connectivity index (χ1) is 24.8. The largest absolute Gasteiger partial charge is 0.496 e. The predicted octanol–water partition coefficient (Wildman–Crippen LogP) is 6.88. The van der Waals surface area contributed by atoms with Crippen LogP contribution in [0.2, 0.25) is 0 Å². The van der Waals surface area contributed by atoms with Crippen LogP contribution >= 0.6 is 11.3 Å². The number of hydrogen-bond acceptors (Lipinski definition) is 10. The molecule has 7 rings (SSSR count). The van der Waals surface area contributed by atoms with Gasteiger partial charge in [-0.2, -0.15) is 0 Å². The van der Waals surface area contributed by atoms with Crippen molar-refractivity contribution in [1.29, 1.82) is 0 Å². The van der Waals surface area contributed by atoms with Gasteiger partial charge in [0, 0.05) is 53.7 Å². The van der Waals surface area contributed by atoms with E-state index in [0.717, 1.165) is 46.4 Å². The zero-order valence-corrected chi connectivity index (χ0v) is 32.4. The second-order valence-corrected chi connectivity index (χ2v) is 18.8. The molecular formula is C40H49N3O7S2. The number of carbonyl (C=O) groups is 3. The highest BCUT2D eigenvalue weighted by Crippen LogP contribution is 2.58. The number of hydrogen-bond donors (Lipinski definition) is 0. The summed E-state index contributed by atoms with van der Waals surface area (Å²) in [5.41, 5.74) is 2.22. The van der Waals surface area contributed by atoms with Crippen molar-refractivity contribution in [1.82, 2.24) is 14.9 Å². The van der Waals surface area contributed by atoms with Gasteiger partial charge in [0.05, 0.1) is 29.5 Å². The highest BCUT2D eigenvalue weighted by molar-refractivity contribution is 7.93. The number of pyridine rings is 1. The lowest BCUT2D eigenvalue weighted by Crippen LogP contribution is -2.38. The third-order valence-electron chi connectivity index (χ3n) is 11.6. The van der Waals surface area contributed by atoms with Crippen LogP contribution in [0.5, 0.6) is 11.5 Å². The van der Waals surface area contributed by atoms with E-state index >= 15 is 0 Å². The number of carbonyl (C=O) groups excluding carboxylic acids is 3. The van der Waals surface area contributed by atoms with Crippen LogP contribution in [0.15, 0.2) is 35.7 Å². The number of Topliss-reactive ketones (excluding diaryl/α,β-unsaturated/α-hetero) is 2. The van der Waals surface area contributed by atoms with Crippen LogP contribution < -0.4 is 9.47 Å². The second kappa shape index (κ2) is 14.3. The molecule has 10 nitrogen and oxygen atoms in total.